The van der Waals surface area contributed by atoms with Crippen LogP contribution in [0.4, 0.5) is 0 Å². The summed E-state index contributed by atoms with van der Waals surface area (Å²) in [5.41, 5.74) is 1.16. The van der Waals surface area contributed by atoms with Gasteiger partial charge >= 0.3 is 0 Å². The van der Waals surface area contributed by atoms with Gasteiger partial charge in [-0.3, -0.25) is 8.37 Å². The summed E-state index contributed by atoms with van der Waals surface area (Å²) in [6.07, 6.45) is 4.62. The zero-order chi connectivity index (χ0) is 24.5. The van der Waals surface area contributed by atoms with Crippen LogP contribution in [-0.4, -0.2) is 30.0 Å². The molecule has 0 aliphatic heterocycles. The summed E-state index contributed by atoms with van der Waals surface area (Å²) < 4.78 is 62.2. The van der Waals surface area contributed by atoms with Crippen molar-refractivity contribution >= 4 is 20.2 Å². The summed E-state index contributed by atoms with van der Waals surface area (Å²) >= 11 is 0. The predicted molar refractivity (Wildman–Crippen MR) is 130 cm³/mol. The number of benzene rings is 2. The molecule has 0 amide bonds. The molecule has 6 nitrogen and oxygen atoms in total. The SMILES string of the molecule is CCCCC(CCCC)(COS(=O)(=O)c1ccc(C)cc1)COS(=O)(=O)c1ccc(C)cc1. The molecule has 0 N–H and O–H groups in total. The van der Waals surface area contributed by atoms with Gasteiger partial charge in [0.15, 0.2) is 0 Å². The van der Waals surface area contributed by atoms with Gasteiger partial charge in [-0.25, -0.2) is 0 Å². The smallest absolute Gasteiger partial charge is 0.266 e. The van der Waals surface area contributed by atoms with E-state index in [4.69, 9.17) is 8.37 Å². The topological polar surface area (TPSA) is 86.7 Å². The Hall–Kier alpha value is -1.74. The van der Waals surface area contributed by atoms with Gasteiger partial charge in [0.25, 0.3) is 20.2 Å². The maximum atomic E-state index is 12.8. The zero-order valence-corrected chi connectivity index (χ0v) is 21.7. The van der Waals surface area contributed by atoms with E-state index in [1.807, 2.05) is 27.7 Å². The van der Waals surface area contributed by atoms with Crippen LogP contribution < -0.4 is 0 Å². The van der Waals surface area contributed by atoms with Gasteiger partial charge in [-0.2, -0.15) is 16.8 Å². The monoisotopic (exact) mass is 496 g/mol. The van der Waals surface area contributed by atoms with Crippen molar-refractivity contribution in [2.45, 2.75) is 76.0 Å². The highest BCUT2D eigenvalue weighted by Gasteiger charge is 2.35. The number of aryl methyl sites for hydroxylation is 2. The van der Waals surface area contributed by atoms with E-state index in [0.717, 1.165) is 36.8 Å². The quantitative estimate of drug-likeness (QED) is 0.308. The fourth-order valence-electron chi connectivity index (χ4n) is 3.51. The molecule has 0 aliphatic rings. The van der Waals surface area contributed by atoms with E-state index in [9.17, 15) is 16.8 Å². The van der Waals surface area contributed by atoms with Crippen LogP contribution >= 0.6 is 0 Å². The van der Waals surface area contributed by atoms with Gasteiger partial charge in [0.05, 0.1) is 23.0 Å². The van der Waals surface area contributed by atoms with Crippen LogP contribution in [0.1, 0.15) is 63.5 Å². The molecule has 0 heterocycles. The molecule has 0 saturated carbocycles. The molecule has 0 spiro atoms. The molecule has 0 unspecified atom stereocenters. The van der Waals surface area contributed by atoms with E-state index in [2.05, 4.69) is 0 Å². The molecular formula is C25H36O6S2. The molecule has 2 aromatic carbocycles. The lowest BCUT2D eigenvalue weighted by atomic mass is 9.80. The molecule has 184 valence electrons. The highest BCUT2D eigenvalue weighted by atomic mass is 32.2. The minimum atomic E-state index is -3.98. The second kappa shape index (κ2) is 12.1. The van der Waals surface area contributed by atoms with Gasteiger partial charge in [-0.05, 0) is 51.0 Å². The van der Waals surface area contributed by atoms with E-state index in [1.54, 1.807) is 24.3 Å². The summed E-state index contributed by atoms with van der Waals surface area (Å²) in [6, 6.07) is 12.9. The molecule has 0 aromatic heterocycles. The average Bonchev–Trinajstić information content (AvgIpc) is 2.79. The first-order chi connectivity index (χ1) is 15.5. The summed E-state index contributed by atoms with van der Waals surface area (Å²) in [5.74, 6) is 0. The van der Waals surface area contributed by atoms with Crippen molar-refractivity contribution in [3.8, 4) is 0 Å². The van der Waals surface area contributed by atoms with E-state index in [0.29, 0.717) is 12.8 Å². The number of unbranched alkanes of at least 4 members (excludes halogenated alkanes) is 2. The molecule has 33 heavy (non-hydrogen) atoms. The van der Waals surface area contributed by atoms with Gasteiger partial charge in [0, 0.05) is 5.41 Å². The molecule has 8 heteroatoms. The Balaban J connectivity index is 2.26. The first kappa shape index (κ1) is 27.5. The van der Waals surface area contributed by atoms with Gasteiger partial charge in [0.2, 0.25) is 0 Å². The van der Waals surface area contributed by atoms with Crippen LogP contribution in [0.5, 0.6) is 0 Å². The van der Waals surface area contributed by atoms with Crippen LogP contribution in [0, 0.1) is 19.3 Å². The Morgan fingerprint density at radius 2 is 0.970 bits per heavy atom. The van der Waals surface area contributed by atoms with Crippen LogP contribution in [0.15, 0.2) is 58.3 Å². The van der Waals surface area contributed by atoms with Gasteiger partial charge in [-0.15, -0.1) is 0 Å². The van der Waals surface area contributed by atoms with Gasteiger partial charge < -0.3 is 0 Å². The van der Waals surface area contributed by atoms with E-state index >= 15 is 0 Å². The molecule has 2 aromatic rings. The molecule has 0 radical (unpaired) electrons. The van der Waals surface area contributed by atoms with Crippen LogP contribution in [0.25, 0.3) is 0 Å². The Bertz CT molecular complexity index is 983. The van der Waals surface area contributed by atoms with Crippen LogP contribution in [0.2, 0.25) is 0 Å². The van der Waals surface area contributed by atoms with Crippen molar-refractivity contribution in [1.29, 1.82) is 0 Å². The van der Waals surface area contributed by atoms with Crippen molar-refractivity contribution in [2.24, 2.45) is 5.41 Å². The van der Waals surface area contributed by atoms with E-state index in [-0.39, 0.29) is 23.0 Å². The highest BCUT2D eigenvalue weighted by Crippen LogP contribution is 2.34. The largest absolute Gasteiger partial charge is 0.296 e. The molecule has 0 atom stereocenters. The third-order valence-electron chi connectivity index (χ3n) is 5.78. The fourth-order valence-corrected chi connectivity index (χ4v) is 5.53. The van der Waals surface area contributed by atoms with Crippen molar-refractivity contribution in [2.75, 3.05) is 13.2 Å². The second-order valence-electron chi connectivity index (χ2n) is 8.77. The molecule has 0 saturated heterocycles. The number of hydrogen-bond donors (Lipinski definition) is 0. The Kier molecular flexibility index (Phi) is 10.1. The Labute approximate surface area is 199 Å². The first-order valence-electron chi connectivity index (χ1n) is 11.5. The minimum absolute atomic E-state index is 0.0844. The van der Waals surface area contributed by atoms with Crippen molar-refractivity contribution in [1.82, 2.24) is 0 Å². The van der Waals surface area contributed by atoms with Gasteiger partial charge in [-0.1, -0.05) is 74.9 Å². The fraction of sp³-hybridized carbons (Fsp3) is 0.520. The maximum absolute atomic E-state index is 12.8. The predicted octanol–water partition coefficient (Wildman–Crippen LogP) is 5.78. The van der Waals surface area contributed by atoms with E-state index in [1.165, 1.54) is 24.3 Å². The van der Waals surface area contributed by atoms with Crippen LogP contribution in [-0.2, 0) is 28.6 Å². The summed E-state index contributed by atoms with van der Waals surface area (Å²) in [6.45, 7) is 7.57. The van der Waals surface area contributed by atoms with Crippen LogP contribution in [0.3, 0.4) is 0 Å². The molecule has 0 fully saturated rings. The minimum Gasteiger partial charge on any atom is -0.266 e. The second-order valence-corrected chi connectivity index (χ2v) is 12.0. The average molecular weight is 497 g/mol. The molecular weight excluding hydrogens is 460 g/mol. The Morgan fingerprint density at radius 3 is 1.27 bits per heavy atom. The van der Waals surface area contributed by atoms with Crippen molar-refractivity contribution in [3.05, 3.63) is 59.7 Å². The highest BCUT2D eigenvalue weighted by molar-refractivity contribution is 7.87. The third-order valence-corrected chi connectivity index (χ3v) is 8.34. The lowest BCUT2D eigenvalue weighted by Gasteiger charge is -2.33. The molecule has 0 bridgehead atoms. The standard InChI is InChI=1S/C25H36O6S2/c1-5-7-17-25(18-8-6-2,19-30-32(26,27)23-13-9-21(3)10-14-23)20-31-33(28,29)24-15-11-22(4)12-16-24/h9-16H,5-8,17-20H2,1-4H3. The third kappa shape index (κ3) is 8.21. The summed E-state index contributed by atoms with van der Waals surface area (Å²) in [7, 11) is -7.95. The van der Waals surface area contributed by atoms with Crippen molar-refractivity contribution < 1.29 is 25.2 Å². The van der Waals surface area contributed by atoms with E-state index < -0.39 is 25.7 Å². The lowest BCUT2D eigenvalue weighted by Crippen LogP contribution is -2.35. The number of rotatable bonds is 14. The number of hydrogen-bond acceptors (Lipinski definition) is 6. The normalized spacial score (nSPS) is 12.7. The molecule has 2 rings (SSSR count). The zero-order valence-electron chi connectivity index (χ0n) is 20.0. The van der Waals surface area contributed by atoms with Crippen molar-refractivity contribution in [3.63, 3.8) is 0 Å². The Morgan fingerprint density at radius 1 is 0.636 bits per heavy atom. The molecule has 0 aliphatic carbocycles. The summed E-state index contributed by atoms with van der Waals surface area (Å²) in [5, 5.41) is 0. The van der Waals surface area contributed by atoms with Gasteiger partial charge in [0.1, 0.15) is 0 Å². The first-order valence-corrected chi connectivity index (χ1v) is 14.3. The summed E-state index contributed by atoms with van der Waals surface area (Å²) in [4.78, 5) is 0.169. The lowest BCUT2D eigenvalue weighted by molar-refractivity contribution is 0.0633. The maximum Gasteiger partial charge on any atom is 0.296 e.